The predicted octanol–water partition coefficient (Wildman–Crippen LogP) is 1.70. The van der Waals surface area contributed by atoms with E-state index in [0.29, 0.717) is 12.1 Å². The molecule has 0 aliphatic rings. The van der Waals surface area contributed by atoms with Gasteiger partial charge < -0.3 is 10.5 Å². The minimum atomic E-state index is -1.47. The number of methoxy groups -OCH3 is 1. The first kappa shape index (κ1) is 14.7. The summed E-state index contributed by atoms with van der Waals surface area (Å²) < 4.78 is 42.6. The standard InChI is InChI=1S/C9H8F3NO2.ClH/c1-15-9(14)8(13)4-2-6(11)7(12)3-5(4)10;/h2-3,8H,13H2,1H3;1H/t8-;/m0./s1. The van der Waals surface area contributed by atoms with Crippen molar-refractivity contribution < 1.29 is 22.7 Å². The Balaban J connectivity index is 0.00000225. The monoisotopic (exact) mass is 255 g/mol. The van der Waals surface area contributed by atoms with Crippen LogP contribution in [0.5, 0.6) is 0 Å². The molecule has 0 amide bonds. The molecule has 16 heavy (non-hydrogen) atoms. The Bertz CT molecular complexity index is 401. The number of hydrogen-bond acceptors (Lipinski definition) is 3. The van der Waals surface area contributed by atoms with Crippen molar-refractivity contribution >= 4 is 18.4 Å². The molecule has 0 saturated heterocycles. The highest BCUT2D eigenvalue weighted by molar-refractivity contribution is 5.85. The third kappa shape index (κ3) is 2.86. The summed E-state index contributed by atoms with van der Waals surface area (Å²) in [5.41, 5.74) is 4.82. The van der Waals surface area contributed by atoms with Gasteiger partial charge >= 0.3 is 5.97 Å². The van der Waals surface area contributed by atoms with Gasteiger partial charge in [0, 0.05) is 11.6 Å². The maximum Gasteiger partial charge on any atom is 0.327 e. The zero-order chi connectivity index (χ0) is 11.6. The summed E-state index contributed by atoms with van der Waals surface area (Å²) in [5.74, 6) is -4.63. The van der Waals surface area contributed by atoms with Gasteiger partial charge in [0.15, 0.2) is 11.6 Å². The molecule has 90 valence electrons. The fourth-order valence-electron chi connectivity index (χ4n) is 1.03. The third-order valence-electron chi connectivity index (χ3n) is 1.83. The minimum absolute atomic E-state index is 0. The smallest absolute Gasteiger partial charge is 0.327 e. The van der Waals surface area contributed by atoms with Gasteiger partial charge in [-0.1, -0.05) is 0 Å². The number of carbonyl (C=O) groups excluding carboxylic acids is 1. The van der Waals surface area contributed by atoms with E-state index in [0.717, 1.165) is 7.11 Å². The van der Waals surface area contributed by atoms with Crippen molar-refractivity contribution in [2.24, 2.45) is 5.73 Å². The summed E-state index contributed by atoms with van der Waals surface area (Å²) in [6.07, 6.45) is 0. The lowest BCUT2D eigenvalue weighted by molar-refractivity contribution is -0.142. The van der Waals surface area contributed by atoms with E-state index < -0.39 is 35.0 Å². The summed E-state index contributed by atoms with van der Waals surface area (Å²) in [7, 11) is 1.06. The molecule has 0 radical (unpaired) electrons. The molecule has 0 fully saturated rings. The first-order valence-electron chi connectivity index (χ1n) is 3.95. The average molecular weight is 256 g/mol. The van der Waals surface area contributed by atoms with E-state index in [4.69, 9.17) is 5.73 Å². The van der Waals surface area contributed by atoms with Crippen molar-refractivity contribution in [1.29, 1.82) is 0 Å². The van der Waals surface area contributed by atoms with Crippen LogP contribution in [0.3, 0.4) is 0 Å². The average Bonchev–Trinajstić information content (AvgIpc) is 2.21. The van der Waals surface area contributed by atoms with Gasteiger partial charge in [0.2, 0.25) is 0 Å². The molecular formula is C9H9ClF3NO2. The Morgan fingerprint density at radius 3 is 2.25 bits per heavy atom. The van der Waals surface area contributed by atoms with Gasteiger partial charge in [0.1, 0.15) is 11.9 Å². The molecule has 0 saturated carbocycles. The van der Waals surface area contributed by atoms with Gasteiger partial charge in [0.25, 0.3) is 0 Å². The fraction of sp³-hybridized carbons (Fsp3) is 0.222. The van der Waals surface area contributed by atoms with E-state index in [2.05, 4.69) is 4.74 Å². The van der Waals surface area contributed by atoms with Crippen molar-refractivity contribution in [3.05, 3.63) is 35.1 Å². The topological polar surface area (TPSA) is 52.3 Å². The first-order chi connectivity index (χ1) is 6.97. The second-order valence-corrected chi connectivity index (χ2v) is 2.79. The zero-order valence-corrected chi connectivity index (χ0v) is 8.98. The van der Waals surface area contributed by atoms with Crippen LogP contribution >= 0.6 is 12.4 Å². The van der Waals surface area contributed by atoms with Crippen molar-refractivity contribution in [3.63, 3.8) is 0 Å². The van der Waals surface area contributed by atoms with Crippen LogP contribution in [0.4, 0.5) is 13.2 Å². The highest BCUT2D eigenvalue weighted by Gasteiger charge is 2.22. The molecule has 1 rings (SSSR count). The molecule has 1 atom stereocenters. The lowest BCUT2D eigenvalue weighted by Gasteiger charge is -2.10. The third-order valence-corrected chi connectivity index (χ3v) is 1.83. The summed E-state index contributed by atoms with van der Waals surface area (Å²) in [4.78, 5) is 10.9. The quantitative estimate of drug-likeness (QED) is 0.646. The molecule has 2 N–H and O–H groups in total. The Morgan fingerprint density at radius 2 is 1.75 bits per heavy atom. The summed E-state index contributed by atoms with van der Waals surface area (Å²) in [6.45, 7) is 0. The van der Waals surface area contributed by atoms with Crippen LogP contribution in [0.2, 0.25) is 0 Å². The normalized spacial score (nSPS) is 11.6. The number of ether oxygens (including phenoxy) is 1. The highest BCUT2D eigenvalue weighted by Crippen LogP contribution is 2.19. The van der Waals surface area contributed by atoms with E-state index in [-0.39, 0.29) is 12.4 Å². The second-order valence-electron chi connectivity index (χ2n) is 2.79. The Labute approximate surface area is 95.8 Å². The first-order valence-corrected chi connectivity index (χ1v) is 3.95. The Kier molecular flexibility index (Phi) is 5.26. The van der Waals surface area contributed by atoms with Crippen LogP contribution in [0.1, 0.15) is 11.6 Å². The highest BCUT2D eigenvalue weighted by atomic mass is 35.5. The molecule has 0 aliphatic carbocycles. The zero-order valence-electron chi connectivity index (χ0n) is 8.17. The van der Waals surface area contributed by atoms with Gasteiger partial charge in [-0.3, -0.25) is 4.79 Å². The lowest BCUT2D eigenvalue weighted by atomic mass is 10.1. The van der Waals surface area contributed by atoms with E-state index in [1.165, 1.54) is 0 Å². The molecule has 0 bridgehead atoms. The van der Waals surface area contributed by atoms with Crippen LogP contribution in [-0.4, -0.2) is 13.1 Å². The van der Waals surface area contributed by atoms with E-state index in [1.54, 1.807) is 0 Å². The maximum absolute atomic E-state index is 13.1. The summed E-state index contributed by atoms with van der Waals surface area (Å²) >= 11 is 0. The molecule has 7 heteroatoms. The number of halogens is 4. The van der Waals surface area contributed by atoms with Gasteiger partial charge in [-0.05, 0) is 6.07 Å². The number of rotatable bonds is 2. The fourth-order valence-corrected chi connectivity index (χ4v) is 1.03. The van der Waals surface area contributed by atoms with Gasteiger partial charge in [-0.2, -0.15) is 0 Å². The molecule has 1 aromatic rings. The maximum atomic E-state index is 13.1. The van der Waals surface area contributed by atoms with Gasteiger partial charge in [-0.15, -0.1) is 12.4 Å². The molecule has 0 heterocycles. The second kappa shape index (κ2) is 5.72. The lowest BCUT2D eigenvalue weighted by Crippen LogP contribution is -2.24. The molecule has 0 unspecified atom stereocenters. The van der Waals surface area contributed by atoms with Crippen molar-refractivity contribution in [2.75, 3.05) is 7.11 Å². The molecular weight excluding hydrogens is 247 g/mol. The van der Waals surface area contributed by atoms with Gasteiger partial charge in [-0.25, -0.2) is 13.2 Å². The number of nitrogens with two attached hydrogens (primary N) is 1. The summed E-state index contributed by atoms with van der Waals surface area (Å²) in [6, 6.07) is -0.607. The van der Waals surface area contributed by atoms with Crippen LogP contribution in [0, 0.1) is 17.5 Å². The molecule has 3 nitrogen and oxygen atoms in total. The SMILES string of the molecule is COC(=O)[C@@H](N)c1cc(F)c(F)cc1F.Cl. The number of hydrogen-bond donors (Lipinski definition) is 1. The van der Waals surface area contributed by atoms with E-state index in [1.807, 2.05) is 0 Å². The number of carbonyl (C=O) groups is 1. The summed E-state index contributed by atoms with van der Waals surface area (Å²) in [5, 5.41) is 0. The van der Waals surface area contributed by atoms with E-state index >= 15 is 0 Å². The number of benzene rings is 1. The molecule has 0 aromatic heterocycles. The van der Waals surface area contributed by atoms with Crippen LogP contribution in [0.15, 0.2) is 12.1 Å². The van der Waals surface area contributed by atoms with Crippen LogP contribution in [-0.2, 0) is 9.53 Å². The van der Waals surface area contributed by atoms with Crippen LogP contribution in [0.25, 0.3) is 0 Å². The number of esters is 1. The van der Waals surface area contributed by atoms with Crippen molar-refractivity contribution in [3.8, 4) is 0 Å². The molecule has 0 aliphatic heterocycles. The predicted molar refractivity (Wildman–Crippen MR) is 52.5 cm³/mol. The largest absolute Gasteiger partial charge is 0.468 e. The van der Waals surface area contributed by atoms with Gasteiger partial charge in [0.05, 0.1) is 7.11 Å². The Morgan fingerprint density at radius 1 is 1.25 bits per heavy atom. The van der Waals surface area contributed by atoms with Crippen molar-refractivity contribution in [2.45, 2.75) is 6.04 Å². The Hall–Kier alpha value is -1.27. The van der Waals surface area contributed by atoms with Crippen LogP contribution < -0.4 is 5.73 Å². The minimum Gasteiger partial charge on any atom is -0.468 e. The van der Waals surface area contributed by atoms with E-state index in [9.17, 15) is 18.0 Å². The molecule has 0 spiro atoms. The van der Waals surface area contributed by atoms with Crippen molar-refractivity contribution in [1.82, 2.24) is 0 Å². The molecule has 1 aromatic carbocycles.